The van der Waals surface area contributed by atoms with Crippen molar-refractivity contribution in [1.82, 2.24) is 18.3 Å². The van der Waals surface area contributed by atoms with Crippen molar-refractivity contribution >= 4 is 163 Å². The molecule has 0 saturated heterocycles. The van der Waals surface area contributed by atoms with E-state index in [4.69, 9.17) is 0 Å². The van der Waals surface area contributed by atoms with Crippen LogP contribution in [0.25, 0.3) is 252 Å². The van der Waals surface area contributed by atoms with E-state index in [0.29, 0.717) is 0 Å². The van der Waals surface area contributed by atoms with Crippen LogP contribution in [0.15, 0.2) is 437 Å². The molecule has 4 heterocycles. The van der Waals surface area contributed by atoms with Crippen molar-refractivity contribution in [3.05, 3.63) is 437 Å². The fourth-order valence-corrected chi connectivity index (χ4v) is 21.2. The number of benzene rings is 22. The predicted molar refractivity (Wildman–Crippen MR) is 519 cm³/mol. The molecule has 0 saturated carbocycles. The van der Waals surface area contributed by atoms with Crippen LogP contribution in [0.3, 0.4) is 0 Å². The Morgan fingerprint density at radius 3 is 0.828 bits per heavy atom. The number of para-hydroxylation sites is 4. The maximum Gasteiger partial charge on any atom is 0.0625 e. The van der Waals surface area contributed by atoms with Gasteiger partial charge in [0.2, 0.25) is 0 Å². The van der Waals surface area contributed by atoms with Crippen LogP contribution in [-0.4, -0.2) is 18.3 Å². The average Bonchev–Trinajstić information content (AvgIpc) is 1.65. The van der Waals surface area contributed by atoms with Gasteiger partial charge in [-0.1, -0.05) is 328 Å². The van der Waals surface area contributed by atoms with E-state index >= 15 is 0 Å². The van der Waals surface area contributed by atoms with Gasteiger partial charge < -0.3 is 18.3 Å². The molecule has 0 radical (unpaired) electrons. The molecule has 0 bridgehead atoms. The highest BCUT2D eigenvalue weighted by Gasteiger charge is 2.30. The van der Waals surface area contributed by atoms with E-state index in [0.717, 1.165) is 17.1 Å². The first-order chi connectivity index (χ1) is 60.6. The van der Waals surface area contributed by atoms with Gasteiger partial charge in [-0.2, -0.15) is 0 Å². The third kappa shape index (κ3) is 10.1. The quantitative estimate of drug-likeness (QED) is 0.135. The second kappa shape index (κ2) is 26.7. The van der Waals surface area contributed by atoms with Crippen molar-refractivity contribution in [2.45, 2.75) is 0 Å². The van der Waals surface area contributed by atoms with Gasteiger partial charge in [0.15, 0.2) is 0 Å². The van der Waals surface area contributed by atoms with Crippen LogP contribution < -0.4 is 0 Å². The summed E-state index contributed by atoms with van der Waals surface area (Å²) >= 11 is 0. The van der Waals surface area contributed by atoms with E-state index in [2.05, 4.69) is 455 Å². The fourth-order valence-electron chi connectivity index (χ4n) is 21.2. The lowest BCUT2D eigenvalue weighted by molar-refractivity contribution is 1.18. The maximum atomic E-state index is 2.55. The summed E-state index contributed by atoms with van der Waals surface area (Å²) in [6, 6.07) is 161. The molecule has 22 aromatic carbocycles. The molecule has 0 N–H and O–H groups in total. The predicted octanol–water partition coefficient (Wildman–Crippen LogP) is 32.1. The summed E-state index contributed by atoms with van der Waals surface area (Å²) < 4.78 is 9.82. The first-order valence-electron chi connectivity index (χ1n) is 42.3. The standard InChI is InChI=1S/C62H38N2.C56H34N2/c1-2-14-39(15-3-1)40-26-30-43(31-27-40)63-57-24-12-10-19-49(57)54-36-41(28-34-59(54)63)42-29-35-60-55(37-42)50-20-11-13-25-58(50)64(60)44-32-33-48-47-18-6-8-22-52(47)61-51-21-7-4-16-45(51)46-17-5-9-23-53(46)62(61)56(48)38-44;1-2-13-35(14-3-1)36-25-29-39(30-26-36)57-50-23-10-8-17-42(50)48-33-37(27-31-52(48)57)38-28-32-53-49(34-38)43-18-9-11-24-51(43)58(53)56-47-20-7-5-16-41(47)45-22-12-21-44-40-15-4-6-19-46(40)55(56)54(44)45/h1-38H;1-34H. The monoisotopic (exact) mass is 1540 g/mol. The van der Waals surface area contributed by atoms with Gasteiger partial charge in [0.1, 0.15) is 0 Å². The van der Waals surface area contributed by atoms with Gasteiger partial charge in [-0.05, 0) is 235 Å². The van der Waals surface area contributed by atoms with Crippen LogP contribution in [0.5, 0.6) is 0 Å². The first-order valence-corrected chi connectivity index (χ1v) is 42.3. The molecule has 4 nitrogen and oxygen atoms in total. The molecule has 4 heteroatoms. The number of hydrogen-bond acceptors (Lipinski definition) is 0. The van der Waals surface area contributed by atoms with Crippen molar-refractivity contribution in [2.75, 3.05) is 0 Å². The topological polar surface area (TPSA) is 19.7 Å². The minimum Gasteiger partial charge on any atom is -0.309 e. The molecule has 0 amide bonds. The van der Waals surface area contributed by atoms with Gasteiger partial charge in [0, 0.05) is 76.5 Å². The Morgan fingerprint density at radius 1 is 0.123 bits per heavy atom. The molecule has 26 aromatic rings. The lowest BCUT2D eigenvalue weighted by atomic mass is 9.87. The highest BCUT2D eigenvalue weighted by Crippen LogP contribution is 2.55. The van der Waals surface area contributed by atoms with Crippen LogP contribution >= 0.6 is 0 Å². The molecule has 0 aliphatic heterocycles. The molecule has 0 fully saturated rings. The van der Waals surface area contributed by atoms with Crippen LogP contribution in [0.1, 0.15) is 0 Å². The molecule has 564 valence electrons. The van der Waals surface area contributed by atoms with Gasteiger partial charge in [0.25, 0.3) is 0 Å². The summed E-state index contributed by atoms with van der Waals surface area (Å²) in [5.74, 6) is 0. The minimum absolute atomic E-state index is 1.16. The van der Waals surface area contributed by atoms with Gasteiger partial charge in [-0.3, -0.25) is 0 Å². The van der Waals surface area contributed by atoms with E-state index in [1.54, 1.807) is 0 Å². The number of rotatable bonds is 8. The summed E-state index contributed by atoms with van der Waals surface area (Å²) in [4.78, 5) is 0. The number of hydrogen-bond donors (Lipinski definition) is 0. The molecule has 122 heavy (non-hydrogen) atoms. The van der Waals surface area contributed by atoms with Crippen molar-refractivity contribution in [2.24, 2.45) is 0 Å². The maximum absolute atomic E-state index is 2.55. The molecule has 0 spiro atoms. The smallest absolute Gasteiger partial charge is 0.0625 e. The minimum atomic E-state index is 1.16. The molecular formula is C118H72N4. The largest absolute Gasteiger partial charge is 0.309 e. The zero-order valence-corrected chi connectivity index (χ0v) is 66.4. The third-order valence-electron chi connectivity index (χ3n) is 26.5. The summed E-state index contributed by atoms with van der Waals surface area (Å²) in [5.41, 5.74) is 29.3. The Morgan fingerprint density at radius 2 is 0.393 bits per heavy atom. The summed E-state index contributed by atoms with van der Waals surface area (Å²) in [7, 11) is 0. The third-order valence-corrected chi connectivity index (χ3v) is 26.5. The average molecular weight is 1550 g/mol. The normalized spacial score (nSPS) is 12.1. The van der Waals surface area contributed by atoms with Crippen molar-refractivity contribution < 1.29 is 0 Å². The Labute approximate surface area is 702 Å². The molecular weight excluding hydrogens is 1470 g/mol. The molecule has 4 aromatic heterocycles. The van der Waals surface area contributed by atoms with Gasteiger partial charge in [-0.25, -0.2) is 0 Å². The van der Waals surface area contributed by atoms with E-state index in [-0.39, 0.29) is 0 Å². The Hall–Kier alpha value is -16.1. The lowest BCUT2D eigenvalue weighted by Crippen LogP contribution is -1.99. The summed E-state index contributed by atoms with van der Waals surface area (Å²) in [5, 5.41) is 28.1. The first kappa shape index (κ1) is 68.0. The lowest BCUT2D eigenvalue weighted by Gasteiger charge is -2.18. The molecule has 0 unspecified atom stereocenters. The van der Waals surface area contributed by atoms with E-state index in [1.165, 1.54) is 235 Å². The number of aromatic nitrogens is 4. The zero-order chi connectivity index (χ0) is 79.8. The second-order valence-electron chi connectivity index (χ2n) is 32.8. The summed E-state index contributed by atoms with van der Waals surface area (Å²) in [6.45, 7) is 0. The zero-order valence-electron chi connectivity index (χ0n) is 66.4. The Kier molecular flexibility index (Phi) is 14.9. The highest BCUT2D eigenvalue weighted by molar-refractivity contribution is 6.40. The Balaban J connectivity index is 0.000000132. The van der Waals surface area contributed by atoms with Crippen molar-refractivity contribution in [3.8, 4) is 89.5 Å². The molecule has 27 rings (SSSR count). The van der Waals surface area contributed by atoms with Gasteiger partial charge in [0.05, 0.1) is 49.8 Å². The van der Waals surface area contributed by atoms with E-state index < -0.39 is 0 Å². The van der Waals surface area contributed by atoms with Crippen molar-refractivity contribution in [3.63, 3.8) is 0 Å². The van der Waals surface area contributed by atoms with Crippen LogP contribution in [0.4, 0.5) is 0 Å². The number of fused-ring (bicyclic) bond motifs is 28. The summed E-state index contributed by atoms with van der Waals surface area (Å²) in [6.07, 6.45) is 0. The highest BCUT2D eigenvalue weighted by atomic mass is 15.0. The van der Waals surface area contributed by atoms with Crippen molar-refractivity contribution in [1.29, 1.82) is 0 Å². The van der Waals surface area contributed by atoms with Crippen LogP contribution in [0.2, 0.25) is 0 Å². The Bertz CT molecular complexity index is 8910. The van der Waals surface area contributed by atoms with Crippen LogP contribution in [-0.2, 0) is 0 Å². The second-order valence-corrected chi connectivity index (χ2v) is 32.8. The van der Waals surface area contributed by atoms with Crippen LogP contribution in [0, 0.1) is 0 Å². The molecule has 1 aliphatic rings. The van der Waals surface area contributed by atoms with Gasteiger partial charge >= 0.3 is 0 Å². The molecule has 0 atom stereocenters. The number of nitrogens with zero attached hydrogens (tertiary/aromatic N) is 4. The van der Waals surface area contributed by atoms with Gasteiger partial charge in [-0.15, -0.1) is 0 Å². The fraction of sp³-hybridized carbons (Fsp3) is 0. The van der Waals surface area contributed by atoms with E-state index in [1.807, 2.05) is 0 Å². The molecule has 1 aliphatic carbocycles. The SMILES string of the molecule is c1ccc(-c2ccc(-n3c4ccccc4c4cc(-c5ccc6c(c5)c5ccccc5n6-c5c6c7c(cccc7c7ccccc57)-c5ccccc5-6)ccc43)cc2)cc1.c1ccc(-c2ccc(-n3c4ccccc4c4cc(-c5ccc6c(c5)c5ccccc5n6-c5ccc6c7ccccc7c7c8ccccc8c8ccccc8c7c6c5)ccc43)cc2)cc1. The van der Waals surface area contributed by atoms with E-state index in [9.17, 15) is 0 Å².